The summed E-state index contributed by atoms with van der Waals surface area (Å²) < 4.78 is 25.9. The summed E-state index contributed by atoms with van der Waals surface area (Å²) >= 11 is 4.80. The molecule has 1 fully saturated rings. The van der Waals surface area contributed by atoms with Gasteiger partial charge in [-0.2, -0.15) is 0 Å². The number of amides is 1. The lowest BCUT2D eigenvalue weighted by atomic mass is 10.1. The second-order valence-corrected chi connectivity index (χ2v) is 9.23. The summed E-state index contributed by atoms with van der Waals surface area (Å²) in [5, 5.41) is 4.77. The zero-order chi connectivity index (χ0) is 14.8. The van der Waals surface area contributed by atoms with Crippen LogP contribution in [-0.2, 0) is 10.0 Å². The van der Waals surface area contributed by atoms with Crippen molar-refractivity contribution < 1.29 is 13.2 Å². The van der Waals surface area contributed by atoms with Crippen LogP contribution in [0.15, 0.2) is 15.2 Å². The number of rotatable bonds is 4. The Morgan fingerprint density at radius 1 is 1.50 bits per heavy atom. The van der Waals surface area contributed by atoms with Crippen molar-refractivity contribution >= 4 is 43.2 Å². The molecule has 112 valence electrons. The Kier molecular flexibility index (Phi) is 5.22. The molecule has 8 heteroatoms. The monoisotopic (exact) mass is 380 g/mol. The summed E-state index contributed by atoms with van der Waals surface area (Å²) in [6.45, 7) is 2.61. The van der Waals surface area contributed by atoms with Crippen molar-refractivity contribution in [1.82, 2.24) is 9.62 Å². The van der Waals surface area contributed by atoms with E-state index in [0.717, 1.165) is 3.79 Å². The molecule has 0 saturated carbocycles. The van der Waals surface area contributed by atoms with E-state index in [1.54, 1.807) is 18.4 Å². The van der Waals surface area contributed by atoms with Gasteiger partial charge in [-0.15, -0.1) is 11.3 Å². The fourth-order valence-electron chi connectivity index (χ4n) is 2.16. The number of carbonyl (C=O) groups is 1. The first-order chi connectivity index (χ1) is 9.42. The SMILES string of the molecule is CCS(=O)(=O)N1CCC(NC(=O)c2csc(Br)c2)CC1. The molecule has 1 aliphatic heterocycles. The molecule has 20 heavy (non-hydrogen) atoms. The van der Waals surface area contributed by atoms with Gasteiger partial charge in [0.25, 0.3) is 5.91 Å². The number of hydrogen-bond donors (Lipinski definition) is 1. The van der Waals surface area contributed by atoms with E-state index < -0.39 is 10.0 Å². The number of nitrogens with one attached hydrogen (secondary N) is 1. The highest BCUT2D eigenvalue weighted by atomic mass is 79.9. The Morgan fingerprint density at radius 3 is 2.65 bits per heavy atom. The van der Waals surface area contributed by atoms with Gasteiger partial charge in [0.2, 0.25) is 10.0 Å². The number of sulfonamides is 1. The summed E-state index contributed by atoms with van der Waals surface area (Å²) in [6.07, 6.45) is 1.33. The van der Waals surface area contributed by atoms with Crippen molar-refractivity contribution in [2.24, 2.45) is 0 Å². The summed E-state index contributed by atoms with van der Waals surface area (Å²) in [6, 6.07) is 1.83. The molecule has 1 aromatic rings. The van der Waals surface area contributed by atoms with Gasteiger partial charge in [-0.05, 0) is 41.8 Å². The molecule has 0 unspecified atom stereocenters. The van der Waals surface area contributed by atoms with E-state index in [1.165, 1.54) is 15.6 Å². The van der Waals surface area contributed by atoms with Crippen LogP contribution in [0.5, 0.6) is 0 Å². The zero-order valence-electron chi connectivity index (χ0n) is 11.1. The van der Waals surface area contributed by atoms with Crippen LogP contribution in [0.4, 0.5) is 0 Å². The Hall–Kier alpha value is -0.440. The molecule has 0 aliphatic carbocycles. The minimum atomic E-state index is -3.11. The van der Waals surface area contributed by atoms with E-state index in [4.69, 9.17) is 0 Å². The lowest BCUT2D eigenvalue weighted by Gasteiger charge is -2.31. The normalized spacial score (nSPS) is 18.1. The van der Waals surface area contributed by atoms with Crippen LogP contribution in [0.25, 0.3) is 0 Å². The van der Waals surface area contributed by atoms with Crippen molar-refractivity contribution in [2.45, 2.75) is 25.8 Å². The fraction of sp³-hybridized carbons (Fsp3) is 0.583. The van der Waals surface area contributed by atoms with E-state index in [-0.39, 0.29) is 17.7 Å². The molecule has 0 atom stereocenters. The molecular weight excluding hydrogens is 364 g/mol. The summed E-state index contributed by atoms with van der Waals surface area (Å²) in [5.41, 5.74) is 0.644. The smallest absolute Gasteiger partial charge is 0.252 e. The van der Waals surface area contributed by atoms with Crippen LogP contribution >= 0.6 is 27.3 Å². The molecular formula is C12H17BrN2O3S2. The molecule has 2 heterocycles. The lowest BCUT2D eigenvalue weighted by molar-refractivity contribution is 0.0924. The van der Waals surface area contributed by atoms with Gasteiger partial charge >= 0.3 is 0 Å². The van der Waals surface area contributed by atoms with Gasteiger partial charge in [0, 0.05) is 24.5 Å². The van der Waals surface area contributed by atoms with Crippen LogP contribution in [0.3, 0.4) is 0 Å². The Balaban J connectivity index is 1.87. The van der Waals surface area contributed by atoms with Crippen LogP contribution in [0.1, 0.15) is 30.1 Å². The predicted octanol–water partition coefficient (Wildman–Crippen LogP) is 2.05. The van der Waals surface area contributed by atoms with Gasteiger partial charge in [-0.1, -0.05) is 0 Å². The number of halogens is 1. The summed E-state index contributed by atoms with van der Waals surface area (Å²) in [5.74, 6) is 0.0381. The van der Waals surface area contributed by atoms with Crippen molar-refractivity contribution in [3.63, 3.8) is 0 Å². The molecule has 1 aliphatic rings. The number of piperidine rings is 1. The second-order valence-electron chi connectivity index (χ2n) is 4.69. The first-order valence-electron chi connectivity index (χ1n) is 6.45. The van der Waals surface area contributed by atoms with Crippen molar-refractivity contribution in [2.75, 3.05) is 18.8 Å². The highest BCUT2D eigenvalue weighted by molar-refractivity contribution is 9.11. The molecule has 0 bridgehead atoms. The highest BCUT2D eigenvalue weighted by Gasteiger charge is 2.27. The third kappa shape index (κ3) is 3.81. The van der Waals surface area contributed by atoms with Crippen LogP contribution in [0.2, 0.25) is 0 Å². The summed E-state index contributed by atoms with van der Waals surface area (Å²) in [7, 11) is -3.11. The molecule has 0 radical (unpaired) electrons. The minimum absolute atomic E-state index is 0.0458. The molecule has 1 saturated heterocycles. The van der Waals surface area contributed by atoms with E-state index >= 15 is 0 Å². The lowest BCUT2D eigenvalue weighted by Crippen LogP contribution is -2.46. The minimum Gasteiger partial charge on any atom is -0.349 e. The molecule has 1 aromatic heterocycles. The first-order valence-corrected chi connectivity index (χ1v) is 9.73. The average molecular weight is 381 g/mol. The van der Waals surface area contributed by atoms with Crippen molar-refractivity contribution in [1.29, 1.82) is 0 Å². The van der Waals surface area contributed by atoms with Gasteiger partial charge in [0.15, 0.2) is 0 Å². The van der Waals surface area contributed by atoms with Gasteiger partial charge in [-0.3, -0.25) is 4.79 Å². The predicted molar refractivity (Wildman–Crippen MR) is 83.5 cm³/mol. The van der Waals surface area contributed by atoms with Crippen LogP contribution in [-0.4, -0.2) is 43.5 Å². The van der Waals surface area contributed by atoms with Crippen molar-refractivity contribution in [3.8, 4) is 0 Å². The van der Waals surface area contributed by atoms with E-state index in [0.29, 0.717) is 31.5 Å². The number of carbonyl (C=O) groups excluding carboxylic acids is 1. The second kappa shape index (κ2) is 6.55. The Bertz CT molecular complexity index is 577. The number of hydrogen-bond acceptors (Lipinski definition) is 4. The Morgan fingerprint density at radius 2 is 2.15 bits per heavy atom. The molecule has 1 N–H and O–H groups in total. The van der Waals surface area contributed by atoms with Gasteiger partial charge < -0.3 is 5.32 Å². The number of thiophene rings is 1. The molecule has 1 amide bonds. The third-order valence-electron chi connectivity index (χ3n) is 3.38. The molecule has 0 aromatic carbocycles. The quantitative estimate of drug-likeness (QED) is 0.868. The zero-order valence-corrected chi connectivity index (χ0v) is 14.4. The maximum atomic E-state index is 12.0. The van der Waals surface area contributed by atoms with E-state index in [9.17, 15) is 13.2 Å². The van der Waals surface area contributed by atoms with E-state index in [1.807, 2.05) is 0 Å². The largest absolute Gasteiger partial charge is 0.349 e. The van der Waals surface area contributed by atoms with Gasteiger partial charge in [0.05, 0.1) is 15.1 Å². The van der Waals surface area contributed by atoms with Gasteiger partial charge in [-0.25, -0.2) is 12.7 Å². The summed E-state index contributed by atoms with van der Waals surface area (Å²) in [4.78, 5) is 12.0. The first kappa shape index (κ1) is 15.9. The van der Waals surface area contributed by atoms with Crippen LogP contribution in [0, 0.1) is 0 Å². The van der Waals surface area contributed by atoms with Crippen LogP contribution < -0.4 is 5.32 Å². The average Bonchev–Trinajstić information content (AvgIpc) is 2.86. The molecule has 2 rings (SSSR count). The van der Waals surface area contributed by atoms with E-state index in [2.05, 4.69) is 21.2 Å². The third-order valence-corrected chi connectivity index (χ3v) is 6.76. The molecule has 5 nitrogen and oxygen atoms in total. The Labute approximate surface area is 131 Å². The standard InChI is InChI=1S/C12H17BrN2O3S2/c1-2-20(17,18)15-5-3-10(4-6-15)14-12(16)9-7-11(13)19-8-9/h7-8,10H,2-6H2,1H3,(H,14,16). The maximum absolute atomic E-state index is 12.0. The maximum Gasteiger partial charge on any atom is 0.252 e. The van der Waals surface area contributed by atoms with Gasteiger partial charge in [0.1, 0.15) is 0 Å². The fourth-order valence-corrected chi connectivity index (χ4v) is 4.43. The molecule has 0 spiro atoms. The number of nitrogens with zero attached hydrogens (tertiary/aromatic N) is 1. The highest BCUT2D eigenvalue weighted by Crippen LogP contribution is 2.21. The topological polar surface area (TPSA) is 66.5 Å². The van der Waals surface area contributed by atoms with Crippen molar-refractivity contribution in [3.05, 3.63) is 20.8 Å².